The number of furan rings is 1. The summed E-state index contributed by atoms with van der Waals surface area (Å²) in [6, 6.07) is 37.3. The minimum atomic E-state index is -0.397. The summed E-state index contributed by atoms with van der Waals surface area (Å²) in [6.45, 7) is 0. The highest BCUT2D eigenvalue weighted by Gasteiger charge is 2.15. The predicted molar refractivity (Wildman–Crippen MR) is 165 cm³/mol. The van der Waals surface area contributed by atoms with E-state index in [0.29, 0.717) is 5.56 Å². The van der Waals surface area contributed by atoms with Gasteiger partial charge in [0, 0.05) is 10.8 Å². The monoisotopic (exact) mass is 501 g/mol. The molecule has 0 radical (unpaired) electrons. The van der Waals surface area contributed by atoms with Crippen molar-refractivity contribution in [2.75, 3.05) is 0 Å². The van der Waals surface area contributed by atoms with Crippen LogP contribution in [0.2, 0.25) is 0 Å². The van der Waals surface area contributed by atoms with E-state index >= 15 is 0 Å². The standard InChI is InChI=1S/C38H24O/c1-2-10-25(11-3-1)29-14-6-7-15-31(29)34-20-19-30(32-16-8-9-17-33(32)34)28-18-21-37-35(23-28)36-22-26-12-4-5-13-27(26)24-38(36)39-37/h1-24H/i1D,2D,3D,10D,11D. The first-order valence-corrected chi connectivity index (χ1v) is 12.9. The van der Waals surface area contributed by atoms with Crippen LogP contribution in [0.3, 0.4) is 0 Å². The van der Waals surface area contributed by atoms with Crippen molar-refractivity contribution in [1.29, 1.82) is 0 Å². The molecule has 0 N–H and O–H groups in total. The zero-order valence-electron chi connectivity index (χ0n) is 25.9. The zero-order chi connectivity index (χ0) is 30.1. The van der Waals surface area contributed by atoms with Crippen LogP contribution in [-0.4, -0.2) is 0 Å². The molecule has 0 aliphatic carbocycles. The van der Waals surface area contributed by atoms with E-state index in [4.69, 9.17) is 11.3 Å². The summed E-state index contributed by atoms with van der Waals surface area (Å²) in [5, 5.41) is 6.51. The van der Waals surface area contributed by atoms with Crippen LogP contribution in [-0.2, 0) is 0 Å². The normalized spacial score (nSPS) is 13.4. The zero-order valence-corrected chi connectivity index (χ0v) is 20.9. The first-order valence-electron chi connectivity index (χ1n) is 15.4. The Morgan fingerprint density at radius 3 is 1.87 bits per heavy atom. The predicted octanol–water partition coefficient (Wildman–Crippen LogP) is 10.9. The Labute approximate surface area is 233 Å². The van der Waals surface area contributed by atoms with Crippen LogP contribution in [0.15, 0.2) is 150 Å². The highest BCUT2D eigenvalue weighted by molar-refractivity contribution is 6.12. The molecular formula is C38H24O. The molecule has 7 aromatic carbocycles. The first kappa shape index (κ1) is 17.4. The van der Waals surface area contributed by atoms with Crippen molar-refractivity contribution in [2.45, 2.75) is 0 Å². The molecule has 182 valence electrons. The molecule has 0 amide bonds. The molecule has 0 saturated heterocycles. The van der Waals surface area contributed by atoms with Gasteiger partial charge in [0.15, 0.2) is 0 Å². The number of hydrogen-bond donors (Lipinski definition) is 0. The number of benzene rings is 7. The fourth-order valence-corrected chi connectivity index (χ4v) is 5.74. The lowest BCUT2D eigenvalue weighted by Gasteiger charge is -2.15. The summed E-state index contributed by atoms with van der Waals surface area (Å²) < 4.78 is 48.0. The van der Waals surface area contributed by atoms with Crippen molar-refractivity contribution in [1.82, 2.24) is 0 Å². The molecule has 1 aromatic heterocycles. The lowest BCUT2D eigenvalue weighted by molar-refractivity contribution is 0.669. The third kappa shape index (κ3) is 3.55. The largest absolute Gasteiger partial charge is 0.456 e. The molecule has 0 atom stereocenters. The maximum atomic E-state index is 8.62. The highest BCUT2D eigenvalue weighted by Crippen LogP contribution is 2.41. The van der Waals surface area contributed by atoms with E-state index in [1.54, 1.807) is 0 Å². The van der Waals surface area contributed by atoms with Crippen molar-refractivity contribution in [3.63, 3.8) is 0 Å². The molecule has 0 bridgehead atoms. The number of rotatable bonds is 3. The first-order chi connectivity index (χ1) is 21.4. The van der Waals surface area contributed by atoms with Crippen LogP contribution >= 0.6 is 0 Å². The van der Waals surface area contributed by atoms with Gasteiger partial charge in [-0.2, -0.15) is 0 Å². The Bertz CT molecular complexity index is 2430. The van der Waals surface area contributed by atoms with E-state index < -0.39 is 6.04 Å². The summed E-state index contributed by atoms with van der Waals surface area (Å²) in [5.74, 6) is 0. The Balaban J connectivity index is 1.33. The van der Waals surface area contributed by atoms with Gasteiger partial charge < -0.3 is 4.42 Å². The third-order valence-corrected chi connectivity index (χ3v) is 7.56. The van der Waals surface area contributed by atoms with Crippen molar-refractivity contribution in [3.8, 4) is 33.4 Å². The van der Waals surface area contributed by atoms with Crippen LogP contribution in [0.25, 0.3) is 76.9 Å². The van der Waals surface area contributed by atoms with E-state index in [1.165, 1.54) is 5.39 Å². The molecule has 0 unspecified atom stereocenters. The van der Waals surface area contributed by atoms with E-state index in [1.807, 2.05) is 54.6 Å². The molecular weight excluding hydrogens is 472 g/mol. The smallest absolute Gasteiger partial charge is 0.136 e. The minimum Gasteiger partial charge on any atom is -0.456 e. The molecule has 0 saturated carbocycles. The van der Waals surface area contributed by atoms with Gasteiger partial charge in [0.05, 0.1) is 6.85 Å². The maximum absolute atomic E-state index is 8.62. The molecule has 8 rings (SSSR count). The van der Waals surface area contributed by atoms with Crippen LogP contribution in [0.4, 0.5) is 0 Å². The second-order valence-corrected chi connectivity index (χ2v) is 9.76. The van der Waals surface area contributed by atoms with Crippen molar-refractivity contribution >= 4 is 43.5 Å². The van der Waals surface area contributed by atoms with Gasteiger partial charge in [-0.15, -0.1) is 0 Å². The number of hydrogen-bond acceptors (Lipinski definition) is 1. The SMILES string of the molecule is [2H]c1c([2H])c([2H])c(-c2ccccc2-c2ccc(-c3ccc4oc5cc6ccccc6cc5c4c3)c3ccccc23)c([2H])c1[2H]. The van der Waals surface area contributed by atoms with Gasteiger partial charge in [-0.05, 0) is 79.2 Å². The van der Waals surface area contributed by atoms with E-state index in [2.05, 4.69) is 60.7 Å². The Kier molecular flexibility index (Phi) is 3.89. The van der Waals surface area contributed by atoms with Gasteiger partial charge >= 0.3 is 0 Å². The lowest BCUT2D eigenvalue weighted by atomic mass is 9.88. The third-order valence-electron chi connectivity index (χ3n) is 7.56. The second kappa shape index (κ2) is 8.72. The van der Waals surface area contributed by atoms with E-state index in [0.717, 1.165) is 60.4 Å². The van der Waals surface area contributed by atoms with Crippen molar-refractivity contribution < 1.29 is 11.3 Å². The summed E-state index contributed by atoms with van der Waals surface area (Å²) in [7, 11) is 0. The van der Waals surface area contributed by atoms with Gasteiger partial charge in [-0.1, -0.05) is 121 Å². The van der Waals surface area contributed by atoms with E-state index in [-0.39, 0.29) is 29.7 Å². The average Bonchev–Trinajstić information content (AvgIpc) is 3.42. The van der Waals surface area contributed by atoms with Gasteiger partial charge in [0.1, 0.15) is 11.2 Å². The Morgan fingerprint density at radius 2 is 1.05 bits per heavy atom. The second-order valence-electron chi connectivity index (χ2n) is 9.76. The highest BCUT2D eigenvalue weighted by atomic mass is 16.3. The topological polar surface area (TPSA) is 13.1 Å². The Hall–Kier alpha value is -5.14. The van der Waals surface area contributed by atoms with Crippen molar-refractivity contribution in [2.24, 2.45) is 0 Å². The Morgan fingerprint density at radius 1 is 0.410 bits per heavy atom. The molecule has 8 aromatic rings. The summed E-state index contributed by atoms with van der Waals surface area (Å²) in [6.07, 6.45) is 0. The quantitative estimate of drug-likeness (QED) is 0.235. The van der Waals surface area contributed by atoms with Crippen LogP contribution in [0.1, 0.15) is 6.85 Å². The summed E-state index contributed by atoms with van der Waals surface area (Å²) >= 11 is 0. The van der Waals surface area contributed by atoms with Gasteiger partial charge in [0.2, 0.25) is 0 Å². The van der Waals surface area contributed by atoms with E-state index in [9.17, 15) is 0 Å². The molecule has 39 heavy (non-hydrogen) atoms. The summed E-state index contributed by atoms with van der Waals surface area (Å²) in [5.41, 5.74) is 6.36. The summed E-state index contributed by atoms with van der Waals surface area (Å²) in [4.78, 5) is 0. The number of fused-ring (bicyclic) bond motifs is 5. The molecule has 0 fully saturated rings. The van der Waals surface area contributed by atoms with Gasteiger partial charge in [0.25, 0.3) is 0 Å². The lowest BCUT2D eigenvalue weighted by Crippen LogP contribution is -1.89. The maximum Gasteiger partial charge on any atom is 0.136 e. The molecule has 0 aliphatic rings. The van der Waals surface area contributed by atoms with Crippen LogP contribution < -0.4 is 0 Å². The fourth-order valence-electron chi connectivity index (χ4n) is 5.74. The average molecular weight is 502 g/mol. The molecule has 0 spiro atoms. The van der Waals surface area contributed by atoms with Gasteiger partial charge in [-0.3, -0.25) is 0 Å². The van der Waals surface area contributed by atoms with Crippen LogP contribution in [0.5, 0.6) is 0 Å². The molecule has 1 heterocycles. The molecule has 1 nitrogen and oxygen atoms in total. The molecule has 0 aliphatic heterocycles. The van der Waals surface area contributed by atoms with Crippen LogP contribution in [0, 0.1) is 0 Å². The fraction of sp³-hybridized carbons (Fsp3) is 0. The molecule has 1 heteroatoms. The van der Waals surface area contributed by atoms with Crippen molar-refractivity contribution in [3.05, 3.63) is 145 Å². The minimum absolute atomic E-state index is 0.199. The van der Waals surface area contributed by atoms with Gasteiger partial charge in [-0.25, -0.2) is 0 Å².